The molecule has 0 radical (unpaired) electrons. The first kappa shape index (κ1) is 19.7. The first-order valence-electron chi connectivity index (χ1n) is 9.95. The summed E-state index contributed by atoms with van der Waals surface area (Å²) in [6, 6.07) is 12.5. The van der Waals surface area contributed by atoms with Crippen LogP contribution in [0.2, 0.25) is 0 Å². The summed E-state index contributed by atoms with van der Waals surface area (Å²) in [4.78, 5) is 2.18. The molecule has 0 saturated heterocycles. The maximum atomic E-state index is 5.81. The minimum Gasteiger partial charge on any atom is -0.497 e. The Bertz CT molecular complexity index is 694. The zero-order chi connectivity index (χ0) is 18.9. The summed E-state index contributed by atoms with van der Waals surface area (Å²) in [7, 11) is 1.69. The Kier molecular flexibility index (Phi) is 7.57. The molecular weight excluding hydrogens is 356 g/mol. The van der Waals surface area contributed by atoms with Crippen LogP contribution in [0.25, 0.3) is 0 Å². The van der Waals surface area contributed by atoms with Crippen molar-refractivity contribution in [1.29, 1.82) is 0 Å². The van der Waals surface area contributed by atoms with Crippen molar-refractivity contribution in [2.24, 2.45) is 0 Å². The highest BCUT2D eigenvalue weighted by atomic mass is 32.1. The normalized spacial score (nSPS) is 15.6. The van der Waals surface area contributed by atoms with Gasteiger partial charge in [-0.15, -0.1) is 0 Å². The highest BCUT2D eigenvalue weighted by molar-refractivity contribution is 7.80. The Labute approximate surface area is 167 Å². The van der Waals surface area contributed by atoms with Crippen LogP contribution in [-0.2, 0) is 13.1 Å². The average molecular weight is 387 g/mol. The van der Waals surface area contributed by atoms with Crippen molar-refractivity contribution in [3.8, 4) is 5.75 Å². The number of benzene rings is 1. The number of hydrogen-bond acceptors (Lipinski definition) is 3. The molecule has 1 fully saturated rings. The van der Waals surface area contributed by atoms with E-state index in [1.165, 1.54) is 50.5 Å². The third-order valence-electron chi connectivity index (χ3n) is 5.15. The van der Waals surface area contributed by atoms with Gasteiger partial charge in [-0.1, -0.05) is 44.2 Å². The van der Waals surface area contributed by atoms with Gasteiger partial charge in [0.25, 0.3) is 0 Å². The molecule has 146 valence electrons. The summed E-state index contributed by atoms with van der Waals surface area (Å²) in [6.07, 6.45) is 10.7. The molecule has 0 unspecified atom stereocenters. The standard InChI is InChI=1S/C22H30N2O2S/c1-25-20-12-7-9-18(15-20)16-24(17-21-13-8-14-26-21)22(27)23-19-10-5-3-2-4-6-11-19/h7-9,12-15,19H,2-6,10-11,16-17H2,1H3,(H,23,27). The number of nitrogens with zero attached hydrogens (tertiary/aromatic N) is 1. The van der Waals surface area contributed by atoms with Crippen LogP contribution in [0.3, 0.4) is 0 Å². The zero-order valence-corrected chi connectivity index (χ0v) is 17.0. The highest BCUT2D eigenvalue weighted by Gasteiger charge is 2.18. The maximum Gasteiger partial charge on any atom is 0.169 e. The zero-order valence-electron chi connectivity index (χ0n) is 16.2. The van der Waals surface area contributed by atoms with Crippen molar-refractivity contribution in [1.82, 2.24) is 10.2 Å². The third-order valence-corrected chi connectivity index (χ3v) is 5.53. The van der Waals surface area contributed by atoms with Crippen LogP contribution in [-0.4, -0.2) is 23.2 Å². The number of rotatable bonds is 6. The Morgan fingerprint density at radius 2 is 1.89 bits per heavy atom. The Morgan fingerprint density at radius 3 is 2.59 bits per heavy atom. The number of nitrogens with one attached hydrogen (secondary N) is 1. The molecule has 2 aromatic rings. The fourth-order valence-electron chi connectivity index (χ4n) is 3.65. The van der Waals surface area contributed by atoms with Gasteiger partial charge < -0.3 is 19.4 Å². The van der Waals surface area contributed by atoms with Crippen LogP contribution in [0.4, 0.5) is 0 Å². The van der Waals surface area contributed by atoms with E-state index in [0.717, 1.165) is 23.2 Å². The van der Waals surface area contributed by atoms with Gasteiger partial charge in [-0.25, -0.2) is 0 Å². The van der Waals surface area contributed by atoms with Crippen LogP contribution in [0, 0.1) is 0 Å². The molecule has 1 aliphatic carbocycles. The monoisotopic (exact) mass is 386 g/mol. The topological polar surface area (TPSA) is 37.6 Å². The molecular formula is C22H30N2O2S. The summed E-state index contributed by atoms with van der Waals surface area (Å²) in [6.45, 7) is 1.37. The second kappa shape index (κ2) is 10.4. The van der Waals surface area contributed by atoms with Crippen molar-refractivity contribution in [3.05, 3.63) is 54.0 Å². The second-order valence-electron chi connectivity index (χ2n) is 7.28. The fourth-order valence-corrected chi connectivity index (χ4v) is 3.94. The summed E-state index contributed by atoms with van der Waals surface area (Å²) in [5.41, 5.74) is 1.17. The summed E-state index contributed by atoms with van der Waals surface area (Å²) < 4.78 is 10.9. The third kappa shape index (κ3) is 6.28. The molecule has 0 atom stereocenters. The summed E-state index contributed by atoms with van der Waals surface area (Å²) in [5.74, 6) is 1.78. The van der Waals surface area contributed by atoms with E-state index in [9.17, 15) is 0 Å². The molecule has 1 aliphatic rings. The lowest BCUT2D eigenvalue weighted by molar-refractivity contribution is 0.337. The van der Waals surface area contributed by atoms with Gasteiger partial charge in [-0.2, -0.15) is 0 Å². The lowest BCUT2D eigenvalue weighted by Gasteiger charge is -2.29. The largest absolute Gasteiger partial charge is 0.497 e. The summed E-state index contributed by atoms with van der Waals surface area (Å²) >= 11 is 5.81. The molecule has 0 aliphatic heterocycles. The van der Waals surface area contributed by atoms with Crippen LogP contribution in [0.1, 0.15) is 56.3 Å². The van der Waals surface area contributed by atoms with Crippen LogP contribution in [0.15, 0.2) is 47.1 Å². The van der Waals surface area contributed by atoms with Crippen LogP contribution >= 0.6 is 12.2 Å². The molecule has 0 spiro atoms. The molecule has 4 nitrogen and oxygen atoms in total. The Morgan fingerprint density at radius 1 is 1.11 bits per heavy atom. The smallest absolute Gasteiger partial charge is 0.169 e. The van der Waals surface area contributed by atoms with Gasteiger partial charge in [-0.3, -0.25) is 0 Å². The lowest BCUT2D eigenvalue weighted by atomic mass is 9.97. The molecule has 1 aromatic carbocycles. The Balaban J connectivity index is 1.68. The SMILES string of the molecule is COc1cccc(CN(Cc2ccco2)C(=S)NC2CCCCCCC2)c1. The first-order chi connectivity index (χ1) is 13.2. The predicted molar refractivity (Wildman–Crippen MR) is 113 cm³/mol. The van der Waals surface area contributed by atoms with E-state index in [0.29, 0.717) is 12.6 Å². The molecule has 1 N–H and O–H groups in total. The van der Waals surface area contributed by atoms with Crippen molar-refractivity contribution >= 4 is 17.3 Å². The fraction of sp³-hybridized carbons (Fsp3) is 0.500. The van der Waals surface area contributed by atoms with E-state index in [2.05, 4.69) is 22.3 Å². The lowest BCUT2D eigenvalue weighted by Crippen LogP contribution is -2.44. The van der Waals surface area contributed by atoms with E-state index in [-0.39, 0.29) is 0 Å². The van der Waals surface area contributed by atoms with Crippen molar-refractivity contribution in [2.75, 3.05) is 7.11 Å². The van der Waals surface area contributed by atoms with E-state index >= 15 is 0 Å². The van der Waals surface area contributed by atoms with Gasteiger partial charge in [0.15, 0.2) is 5.11 Å². The minimum absolute atomic E-state index is 0.474. The van der Waals surface area contributed by atoms with E-state index < -0.39 is 0 Å². The average Bonchev–Trinajstić information content (AvgIpc) is 3.16. The Hall–Kier alpha value is -2.01. The predicted octanol–water partition coefficient (Wildman–Crippen LogP) is 5.28. The van der Waals surface area contributed by atoms with E-state index in [1.54, 1.807) is 13.4 Å². The van der Waals surface area contributed by atoms with Gasteiger partial charge in [0, 0.05) is 12.6 Å². The van der Waals surface area contributed by atoms with Crippen LogP contribution < -0.4 is 10.1 Å². The molecule has 1 saturated carbocycles. The van der Waals surface area contributed by atoms with E-state index in [4.69, 9.17) is 21.4 Å². The molecule has 1 heterocycles. The van der Waals surface area contributed by atoms with Crippen molar-refractivity contribution in [2.45, 2.75) is 64.1 Å². The molecule has 5 heteroatoms. The van der Waals surface area contributed by atoms with Gasteiger partial charge in [-0.05, 0) is 54.9 Å². The van der Waals surface area contributed by atoms with Gasteiger partial charge >= 0.3 is 0 Å². The van der Waals surface area contributed by atoms with Crippen LogP contribution in [0.5, 0.6) is 5.75 Å². The second-order valence-corrected chi connectivity index (χ2v) is 7.67. The van der Waals surface area contributed by atoms with Gasteiger partial charge in [0.1, 0.15) is 11.5 Å². The highest BCUT2D eigenvalue weighted by Crippen LogP contribution is 2.19. The number of furan rings is 1. The van der Waals surface area contributed by atoms with Gasteiger partial charge in [0.2, 0.25) is 0 Å². The minimum atomic E-state index is 0.474. The van der Waals surface area contributed by atoms with Crippen molar-refractivity contribution in [3.63, 3.8) is 0 Å². The molecule has 0 amide bonds. The van der Waals surface area contributed by atoms with Crippen molar-refractivity contribution < 1.29 is 9.15 Å². The molecule has 0 bridgehead atoms. The quantitative estimate of drug-likeness (QED) is 0.684. The summed E-state index contributed by atoms with van der Waals surface area (Å²) in [5, 5.41) is 4.44. The first-order valence-corrected chi connectivity index (χ1v) is 10.4. The number of thiocarbonyl (C=S) groups is 1. The molecule has 3 rings (SSSR count). The number of hydrogen-bond donors (Lipinski definition) is 1. The van der Waals surface area contributed by atoms with E-state index in [1.807, 2.05) is 24.3 Å². The molecule has 1 aromatic heterocycles. The molecule has 27 heavy (non-hydrogen) atoms. The number of ether oxygens (including phenoxy) is 1. The number of methoxy groups -OCH3 is 1. The van der Waals surface area contributed by atoms with Gasteiger partial charge in [0.05, 0.1) is 19.9 Å². The maximum absolute atomic E-state index is 5.81.